The van der Waals surface area contributed by atoms with Gasteiger partial charge in [0.1, 0.15) is 18.2 Å². The average Bonchev–Trinajstić information content (AvgIpc) is 3.17. The second-order valence-corrected chi connectivity index (χ2v) is 6.73. The molecule has 2 aromatic carbocycles. The molecule has 0 saturated heterocycles. The van der Waals surface area contributed by atoms with Crippen molar-refractivity contribution in [2.24, 2.45) is 0 Å². The highest BCUT2D eigenvalue weighted by molar-refractivity contribution is 5.85. The molecule has 1 N–H and O–H groups in total. The van der Waals surface area contributed by atoms with Gasteiger partial charge < -0.3 is 9.64 Å². The van der Waals surface area contributed by atoms with Crippen LogP contribution in [0.25, 0.3) is 10.9 Å². The maximum Gasteiger partial charge on any atom is 0.145 e. The van der Waals surface area contributed by atoms with E-state index in [1.54, 1.807) is 6.20 Å². The van der Waals surface area contributed by atoms with Crippen molar-refractivity contribution in [2.45, 2.75) is 0 Å². The Kier molecular flexibility index (Phi) is 5.21. The molecule has 4 aromatic rings. The van der Waals surface area contributed by atoms with Crippen molar-refractivity contribution in [3.63, 3.8) is 0 Å². The van der Waals surface area contributed by atoms with Gasteiger partial charge in [-0.3, -0.25) is 10.00 Å². The Morgan fingerprint density at radius 2 is 1.96 bits per heavy atom. The van der Waals surface area contributed by atoms with E-state index in [2.05, 4.69) is 43.2 Å². The van der Waals surface area contributed by atoms with Gasteiger partial charge in [0.25, 0.3) is 0 Å². The molecule has 141 valence electrons. The van der Waals surface area contributed by atoms with Crippen LogP contribution in [0.1, 0.15) is 0 Å². The normalized spacial score (nSPS) is 11.1. The minimum atomic E-state index is 0.631. The van der Waals surface area contributed by atoms with Crippen molar-refractivity contribution in [1.29, 1.82) is 0 Å². The molecule has 0 atom stereocenters. The molecular weight excluding hydrogens is 350 g/mol. The smallest absolute Gasteiger partial charge is 0.145 e. The summed E-state index contributed by atoms with van der Waals surface area (Å²) in [5.41, 5.74) is 2.89. The number of nitrogens with one attached hydrogen (secondary N) is 1. The van der Waals surface area contributed by atoms with Crippen LogP contribution >= 0.6 is 0 Å². The van der Waals surface area contributed by atoms with E-state index in [1.807, 2.05) is 62.8 Å². The van der Waals surface area contributed by atoms with Gasteiger partial charge in [-0.2, -0.15) is 5.10 Å². The van der Waals surface area contributed by atoms with E-state index >= 15 is 0 Å². The zero-order valence-electron chi connectivity index (χ0n) is 16.0. The fourth-order valence-corrected chi connectivity index (χ4v) is 2.96. The van der Waals surface area contributed by atoms with E-state index in [0.717, 1.165) is 34.6 Å². The molecule has 0 aliphatic heterocycles. The summed E-state index contributed by atoms with van der Waals surface area (Å²) in [5, 5.41) is 8.21. The molecule has 2 heterocycles. The summed E-state index contributed by atoms with van der Waals surface area (Å²) in [6.07, 6.45) is 3.58. The van der Waals surface area contributed by atoms with Crippen LogP contribution in [0.4, 0.5) is 17.2 Å². The molecule has 6 nitrogen and oxygen atoms in total. The van der Waals surface area contributed by atoms with E-state index < -0.39 is 0 Å². The third kappa shape index (κ3) is 3.97. The first-order valence-corrected chi connectivity index (χ1v) is 9.14. The first-order valence-electron chi connectivity index (χ1n) is 9.14. The van der Waals surface area contributed by atoms with Crippen molar-refractivity contribution in [3.8, 4) is 5.75 Å². The fourth-order valence-electron chi connectivity index (χ4n) is 2.96. The topological polar surface area (TPSA) is 57.3 Å². The largest absolute Gasteiger partial charge is 0.492 e. The molecule has 1 radical (unpaired) electrons. The lowest BCUT2D eigenvalue weighted by Crippen LogP contribution is -2.19. The minimum Gasteiger partial charge on any atom is -0.492 e. The standard InChI is InChI=1S/C22H22N5O/c1-26(2)12-13-28-20-7-5-6-18(14-20)27(22-8-3-4-11-23-22)19-10-9-17-16-24-25-21(17)15-19/h3-7,9-11,14-16H,12-13H2,1-2H3,(H,24,25). The zero-order chi connectivity index (χ0) is 19.3. The fraction of sp³-hybridized carbons (Fsp3) is 0.182. The van der Waals surface area contributed by atoms with Gasteiger partial charge in [-0.25, -0.2) is 4.98 Å². The number of likely N-dealkylation sites (N-methyl/N-ethyl adjacent to an activating group) is 1. The highest BCUT2D eigenvalue weighted by Crippen LogP contribution is 2.35. The highest BCUT2D eigenvalue weighted by Gasteiger charge is 2.15. The number of aromatic nitrogens is 3. The SMILES string of the molecule is CN(C)CCOc1cccc(N(c2ccc3cn[nH]c3c2)c2[c]cccn2)c1. The van der Waals surface area contributed by atoms with Crippen LogP contribution in [0.15, 0.2) is 67.0 Å². The van der Waals surface area contributed by atoms with Crippen LogP contribution in [0.5, 0.6) is 5.75 Å². The lowest BCUT2D eigenvalue weighted by atomic mass is 10.2. The number of anilines is 3. The summed E-state index contributed by atoms with van der Waals surface area (Å²) in [4.78, 5) is 8.66. The van der Waals surface area contributed by atoms with Crippen molar-refractivity contribution < 1.29 is 4.74 Å². The third-order valence-electron chi connectivity index (χ3n) is 4.37. The monoisotopic (exact) mass is 372 g/mol. The van der Waals surface area contributed by atoms with Gasteiger partial charge in [0.15, 0.2) is 0 Å². The Bertz CT molecular complexity index is 1040. The van der Waals surface area contributed by atoms with E-state index in [0.29, 0.717) is 12.4 Å². The summed E-state index contributed by atoms with van der Waals surface area (Å²) < 4.78 is 5.92. The first kappa shape index (κ1) is 18.0. The quantitative estimate of drug-likeness (QED) is 0.528. The van der Waals surface area contributed by atoms with Crippen molar-refractivity contribution >= 4 is 28.1 Å². The zero-order valence-corrected chi connectivity index (χ0v) is 16.0. The molecule has 2 aromatic heterocycles. The number of benzene rings is 2. The number of hydrogen-bond acceptors (Lipinski definition) is 5. The van der Waals surface area contributed by atoms with Gasteiger partial charge in [-0.05, 0) is 56.6 Å². The lowest BCUT2D eigenvalue weighted by Gasteiger charge is -2.24. The van der Waals surface area contributed by atoms with E-state index in [1.165, 1.54) is 0 Å². The van der Waals surface area contributed by atoms with Crippen LogP contribution in [0.3, 0.4) is 0 Å². The van der Waals surface area contributed by atoms with Crippen molar-refractivity contribution in [3.05, 3.63) is 73.1 Å². The number of aromatic amines is 1. The Labute approximate surface area is 164 Å². The van der Waals surface area contributed by atoms with Crippen LogP contribution < -0.4 is 9.64 Å². The Balaban J connectivity index is 1.72. The molecule has 0 aliphatic carbocycles. The molecule has 0 spiro atoms. The van der Waals surface area contributed by atoms with E-state index in [4.69, 9.17) is 4.74 Å². The molecule has 0 unspecified atom stereocenters. The molecule has 4 rings (SSSR count). The summed E-state index contributed by atoms with van der Waals surface area (Å²) in [5.74, 6) is 1.54. The number of H-pyrrole nitrogens is 1. The number of ether oxygens (including phenoxy) is 1. The number of nitrogens with zero attached hydrogens (tertiary/aromatic N) is 4. The lowest BCUT2D eigenvalue weighted by molar-refractivity contribution is 0.261. The summed E-state index contributed by atoms with van der Waals surface area (Å²) in [6.45, 7) is 1.49. The van der Waals surface area contributed by atoms with Gasteiger partial charge in [-0.15, -0.1) is 0 Å². The van der Waals surface area contributed by atoms with Crippen LogP contribution in [0, 0.1) is 6.07 Å². The maximum atomic E-state index is 5.92. The van der Waals surface area contributed by atoms with Crippen LogP contribution in [0.2, 0.25) is 0 Å². The molecule has 0 amide bonds. The number of rotatable bonds is 7. The van der Waals surface area contributed by atoms with Crippen LogP contribution in [-0.4, -0.2) is 47.3 Å². The molecule has 0 saturated carbocycles. The maximum absolute atomic E-state index is 5.92. The van der Waals surface area contributed by atoms with Gasteiger partial charge in [0.2, 0.25) is 0 Å². The average molecular weight is 372 g/mol. The van der Waals surface area contributed by atoms with Gasteiger partial charge >= 0.3 is 0 Å². The van der Waals surface area contributed by atoms with Gasteiger partial charge in [0, 0.05) is 35.9 Å². The summed E-state index contributed by atoms with van der Waals surface area (Å²) >= 11 is 0. The molecular formula is C22H22N5O. The van der Waals surface area contributed by atoms with Crippen LogP contribution in [-0.2, 0) is 0 Å². The Morgan fingerprint density at radius 3 is 2.79 bits per heavy atom. The van der Waals surface area contributed by atoms with Crippen molar-refractivity contribution in [1.82, 2.24) is 20.1 Å². The Hall–Kier alpha value is -3.38. The van der Waals surface area contributed by atoms with E-state index in [-0.39, 0.29) is 0 Å². The third-order valence-corrected chi connectivity index (χ3v) is 4.37. The second-order valence-electron chi connectivity index (χ2n) is 6.73. The molecule has 0 bridgehead atoms. The van der Waals surface area contributed by atoms with E-state index in [9.17, 15) is 0 Å². The van der Waals surface area contributed by atoms with Gasteiger partial charge in [-0.1, -0.05) is 6.07 Å². The minimum absolute atomic E-state index is 0.631. The Morgan fingerprint density at radius 1 is 1.07 bits per heavy atom. The molecule has 6 heteroatoms. The number of hydrogen-bond donors (Lipinski definition) is 1. The summed E-state index contributed by atoms with van der Waals surface area (Å²) in [7, 11) is 4.06. The predicted molar refractivity (Wildman–Crippen MR) is 111 cm³/mol. The van der Waals surface area contributed by atoms with Crippen molar-refractivity contribution in [2.75, 3.05) is 32.1 Å². The molecule has 0 fully saturated rings. The summed E-state index contributed by atoms with van der Waals surface area (Å²) in [6, 6.07) is 21.1. The first-order chi connectivity index (χ1) is 13.7. The van der Waals surface area contributed by atoms with Gasteiger partial charge in [0.05, 0.1) is 17.4 Å². The number of fused-ring (bicyclic) bond motifs is 1. The predicted octanol–water partition coefficient (Wildman–Crippen LogP) is 4.17. The molecule has 0 aliphatic rings. The molecule has 28 heavy (non-hydrogen) atoms. The number of pyridine rings is 1. The highest BCUT2D eigenvalue weighted by atomic mass is 16.5. The second kappa shape index (κ2) is 8.10.